The third kappa shape index (κ3) is 5.78. The van der Waals surface area contributed by atoms with E-state index in [1.807, 2.05) is 48.5 Å². The van der Waals surface area contributed by atoms with Crippen molar-refractivity contribution in [3.8, 4) is 0 Å². The number of benzene rings is 2. The number of hydrogen-bond acceptors (Lipinski definition) is 6. The van der Waals surface area contributed by atoms with E-state index >= 15 is 0 Å². The van der Waals surface area contributed by atoms with Crippen LogP contribution in [-0.2, 0) is 14.3 Å². The van der Waals surface area contributed by atoms with Crippen molar-refractivity contribution < 1.29 is 14.3 Å². The lowest BCUT2D eigenvalue weighted by Crippen LogP contribution is -2.41. The summed E-state index contributed by atoms with van der Waals surface area (Å²) in [6.07, 6.45) is 1.03. The first-order valence-electron chi connectivity index (χ1n) is 11.6. The molecule has 0 radical (unpaired) electrons. The van der Waals surface area contributed by atoms with Crippen LogP contribution in [0, 0.1) is 5.92 Å². The molecule has 3 aromatic rings. The maximum absolute atomic E-state index is 13.8. The lowest BCUT2D eigenvalue weighted by atomic mass is 10.1. The number of hydrogen-bond donors (Lipinski definition) is 0. The van der Waals surface area contributed by atoms with Crippen LogP contribution in [0.25, 0.3) is 10.2 Å². The second kappa shape index (κ2) is 11.7. The highest BCUT2D eigenvalue weighted by Crippen LogP contribution is 2.35. The summed E-state index contributed by atoms with van der Waals surface area (Å²) in [5.41, 5.74) is 1.54. The Labute approximate surface area is 220 Å². The molecule has 2 amide bonds. The molecule has 0 spiro atoms. The van der Waals surface area contributed by atoms with Gasteiger partial charge in [0.25, 0.3) is 0 Å². The summed E-state index contributed by atoms with van der Waals surface area (Å²) in [5.74, 6) is -0.479. The van der Waals surface area contributed by atoms with E-state index in [2.05, 4.69) is 4.90 Å². The van der Waals surface area contributed by atoms with E-state index in [-0.39, 0.29) is 30.6 Å². The van der Waals surface area contributed by atoms with Gasteiger partial charge in [0.2, 0.25) is 11.8 Å². The highest BCUT2D eigenvalue weighted by atomic mass is 35.5. The molecule has 35 heavy (non-hydrogen) atoms. The van der Waals surface area contributed by atoms with E-state index in [1.54, 1.807) is 9.80 Å². The second-order valence-corrected chi connectivity index (χ2v) is 10.0. The van der Waals surface area contributed by atoms with Gasteiger partial charge in [0, 0.05) is 44.8 Å². The molecule has 2 fully saturated rings. The number of para-hydroxylation sites is 2. The average molecular weight is 535 g/mol. The molecule has 0 bridgehead atoms. The highest BCUT2D eigenvalue weighted by Gasteiger charge is 2.38. The van der Waals surface area contributed by atoms with Crippen LogP contribution in [0.4, 0.5) is 10.8 Å². The van der Waals surface area contributed by atoms with Crippen LogP contribution in [0.1, 0.15) is 12.8 Å². The van der Waals surface area contributed by atoms with Gasteiger partial charge in [-0.1, -0.05) is 47.2 Å². The number of morpholine rings is 1. The Morgan fingerprint density at radius 2 is 1.91 bits per heavy atom. The van der Waals surface area contributed by atoms with Gasteiger partial charge in [0.05, 0.1) is 28.9 Å². The topological polar surface area (TPSA) is 66.0 Å². The maximum atomic E-state index is 13.8. The molecule has 1 atom stereocenters. The second-order valence-electron chi connectivity index (χ2n) is 8.62. The number of thiazole rings is 1. The lowest BCUT2D eigenvalue weighted by Gasteiger charge is -2.28. The van der Waals surface area contributed by atoms with Crippen LogP contribution >= 0.6 is 35.3 Å². The zero-order valence-corrected chi connectivity index (χ0v) is 21.7. The van der Waals surface area contributed by atoms with E-state index in [1.165, 1.54) is 11.3 Å². The zero-order valence-electron chi connectivity index (χ0n) is 19.3. The van der Waals surface area contributed by atoms with E-state index in [4.69, 9.17) is 21.3 Å². The zero-order chi connectivity index (χ0) is 23.5. The van der Waals surface area contributed by atoms with Crippen LogP contribution in [-0.4, -0.2) is 67.6 Å². The minimum atomic E-state index is -0.404. The summed E-state index contributed by atoms with van der Waals surface area (Å²) in [6, 6.07) is 15.2. The van der Waals surface area contributed by atoms with Gasteiger partial charge in [0.15, 0.2) is 5.13 Å². The van der Waals surface area contributed by atoms with Crippen LogP contribution in [0.3, 0.4) is 0 Å². The first kappa shape index (κ1) is 25.9. The molecular formula is C25H28Cl2N4O3S. The minimum Gasteiger partial charge on any atom is -0.379 e. The number of nitrogens with zero attached hydrogens (tertiary/aromatic N) is 4. The summed E-state index contributed by atoms with van der Waals surface area (Å²) in [4.78, 5) is 37.1. The number of carbonyl (C=O) groups is 2. The molecule has 2 aliphatic heterocycles. The van der Waals surface area contributed by atoms with Gasteiger partial charge in [-0.15, -0.1) is 12.4 Å². The standard InChI is InChI=1S/C25H27ClN4O3S.ClH/c26-20-8-4-9-21-23(20)27-25(34-21)29(11-5-10-28-12-14-33-15-13-28)24(32)18-16-22(31)30(17-18)19-6-2-1-3-7-19;/h1-4,6-9,18H,5,10-17H2;1H. The first-order valence-corrected chi connectivity index (χ1v) is 12.8. The van der Waals surface area contributed by atoms with Crippen molar-refractivity contribution in [2.45, 2.75) is 12.8 Å². The van der Waals surface area contributed by atoms with Gasteiger partial charge in [-0.05, 0) is 30.7 Å². The molecule has 2 saturated heterocycles. The molecule has 5 rings (SSSR count). The summed E-state index contributed by atoms with van der Waals surface area (Å²) in [6.45, 7) is 5.13. The largest absolute Gasteiger partial charge is 0.379 e. The summed E-state index contributed by atoms with van der Waals surface area (Å²) < 4.78 is 6.39. The van der Waals surface area contributed by atoms with Gasteiger partial charge in [-0.3, -0.25) is 19.4 Å². The predicted molar refractivity (Wildman–Crippen MR) is 143 cm³/mol. The van der Waals surface area contributed by atoms with Crippen LogP contribution < -0.4 is 9.80 Å². The third-order valence-corrected chi connectivity index (χ3v) is 7.71. The van der Waals surface area contributed by atoms with E-state index < -0.39 is 5.92 Å². The fourth-order valence-corrected chi connectivity index (χ4v) is 5.84. The molecule has 0 aliphatic carbocycles. The number of amides is 2. The van der Waals surface area contributed by atoms with Crippen molar-refractivity contribution in [3.05, 3.63) is 53.6 Å². The van der Waals surface area contributed by atoms with Crippen molar-refractivity contribution in [1.29, 1.82) is 0 Å². The molecule has 1 unspecified atom stereocenters. The van der Waals surface area contributed by atoms with Crippen molar-refractivity contribution in [1.82, 2.24) is 9.88 Å². The number of ether oxygens (including phenoxy) is 1. The highest BCUT2D eigenvalue weighted by molar-refractivity contribution is 7.22. The molecule has 10 heteroatoms. The lowest BCUT2D eigenvalue weighted by molar-refractivity contribution is -0.124. The van der Waals surface area contributed by atoms with Crippen molar-refractivity contribution in [3.63, 3.8) is 0 Å². The SMILES string of the molecule is Cl.O=C1CC(C(=O)N(CCCN2CCOCC2)c2nc3c(Cl)cccc3s2)CN1c1ccccc1. The predicted octanol–water partition coefficient (Wildman–Crippen LogP) is 4.48. The van der Waals surface area contributed by atoms with Gasteiger partial charge in [-0.2, -0.15) is 0 Å². The molecular weight excluding hydrogens is 507 g/mol. The fourth-order valence-electron chi connectivity index (χ4n) is 4.55. The molecule has 2 aromatic carbocycles. The number of halogens is 2. The molecule has 1 aromatic heterocycles. The summed E-state index contributed by atoms with van der Waals surface area (Å²) in [5, 5.41) is 1.22. The van der Waals surface area contributed by atoms with Crippen molar-refractivity contribution >= 4 is 68.2 Å². The Kier molecular flexibility index (Phi) is 8.62. The average Bonchev–Trinajstić information content (AvgIpc) is 3.47. The Balaban J connectivity index is 0.00000289. The number of rotatable bonds is 7. The number of fused-ring (bicyclic) bond motifs is 1. The Morgan fingerprint density at radius 3 is 2.66 bits per heavy atom. The molecule has 7 nitrogen and oxygen atoms in total. The molecule has 0 N–H and O–H groups in total. The van der Waals surface area contributed by atoms with Gasteiger partial charge in [-0.25, -0.2) is 4.98 Å². The number of anilines is 2. The maximum Gasteiger partial charge on any atom is 0.234 e. The molecule has 186 valence electrons. The van der Waals surface area contributed by atoms with E-state index in [9.17, 15) is 9.59 Å². The third-order valence-electron chi connectivity index (χ3n) is 6.36. The quantitative estimate of drug-likeness (QED) is 0.447. The van der Waals surface area contributed by atoms with Crippen molar-refractivity contribution in [2.75, 3.05) is 55.7 Å². The summed E-state index contributed by atoms with van der Waals surface area (Å²) in [7, 11) is 0. The van der Waals surface area contributed by atoms with Crippen LogP contribution in [0.15, 0.2) is 48.5 Å². The number of carbonyl (C=O) groups excluding carboxylic acids is 2. The van der Waals surface area contributed by atoms with Gasteiger partial charge < -0.3 is 9.64 Å². The van der Waals surface area contributed by atoms with Crippen LogP contribution in [0.5, 0.6) is 0 Å². The molecule has 0 saturated carbocycles. The molecule has 2 aliphatic rings. The Morgan fingerprint density at radius 1 is 1.14 bits per heavy atom. The summed E-state index contributed by atoms with van der Waals surface area (Å²) >= 11 is 7.83. The molecule has 3 heterocycles. The first-order chi connectivity index (χ1) is 16.6. The monoisotopic (exact) mass is 534 g/mol. The minimum absolute atomic E-state index is 0. The van der Waals surface area contributed by atoms with Gasteiger partial charge >= 0.3 is 0 Å². The van der Waals surface area contributed by atoms with Crippen molar-refractivity contribution in [2.24, 2.45) is 5.92 Å². The fraction of sp³-hybridized carbons (Fsp3) is 0.400. The van der Waals surface area contributed by atoms with E-state index in [0.29, 0.717) is 28.8 Å². The smallest absolute Gasteiger partial charge is 0.234 e. The van der Waals surface area contributed by atoms with E-state index in [0.717, 1.165) is 49.7 Å². The number of aromatic nitrogens is 1. The Hall–Kier alpha value is -2.23. The Bertz CT molecular complexity index is 1170. The van der Waals surface area contributed by atoms with Crippen LogP contribution in [0.2, 0.25) is 5.02 Å². The normalized spacial score (nSPS) is 18.6. The van der Waals surface area contributed by atoms with Gasteiger partial charge in [0.1, 0.15) is 5.52 Å².